The fraction of sp³-hybridized carbons (Fsp3) is 0.947. The SMILES string of the molecule is CCOC1CC(N(C)CCC(=O)N2CCNCC2)C12CCCCC2.Cl. The number of nitrogens with one attached hydrogen (secondary N) is 1. The number of hydrogen-bond acceptors (Lipinski definition) is 4. The monoisotopic (exact) mass is 373 g/mol. The summed E-state index contributed by atoms with van der Waals surface area (Å²) in [6.07, 6.45) is 8.91. The number of halogens is 1. The Kier molecular flexibility index (Phi) is 7.99. The number of rotatable bonds is 6. The minimum atomic E-state index is 0. The van der Waals surface area contributed by atoms with E-state index >= 15 is 0 Å². The minimum absolute atomic E-state index is 0. The van der Waals surface area contributed by atoms with E-state index in [2.05, 4.69) is 24.2 Å². The van der Waals surface area contributed by atoms with Gasteiger partial charge in [0.1, 0.15) is 0 Å². The van der Waals surface area contributed by atoms with Gasteiger partial charge in [-0.3, -0.25) is 4.79 Å². The first-order valence-electron chi connectivity index (χ1n) is 9.97. The molecule has 1 spiro atoms. The number of carbonyl (C=O) groups excluding carboxylic acids is 1. The average molecular weight is 374 g/mol. The van der Waals surface area contributed by atoms with Crippen molar-refractivity contribution in [2.45, 2.75) is 64.0 Å². The van der Waals surface area contributed by atoms with Gasteiger partial charge in [0.15, 0.2) is 0 Å². The Morgan fingerprint density at radius 1 is 1.24 bits per heavy atom. The van der Waals surface area contributed by atoms with E-state index in [9.17, 15) is 4.79 Å². The summed E-state index contributed by atoms with van der Waals surface area (Å²) in [6.45, 7) is 7.41. The third kappa shape index (κ3) is 4.49. The van der Waals surface area contributed by atoms with Crippen LogP contribution in [0.4, 0.5) is 0 Å². The Morgan fingerprint density at radius 2 is 1.92 bits per heavy atom. The van der Waals surface area contributed by atoms with E-state index in [0.29, 0.717) is 29.9 Å². The lowest BCUT2D eigenvalue weighted by molar-refractivity contribution is -0.179. The maximum absolute atomic E-state index is 12.4. The zero-order valence-corrected chi connectivity index (χ0v) is 16.8. The molecule has 146 valence electrons. The molecule has 0 bridgehead atoms. The smallest absolute Gasteiger partial charge is 0.223 e. The van der Waals surface area contributed by atoms with Gasteiger partial charge in [0, 0.05) is 57.2 Å². The summed E-state index contributed by atoms with van der Waals surface area (Å²) in [4.78, 5) is 16.9. The largest absolute Gasteiger partial charge is 0.378 e. The molecule has 3 aliphatic rings. The second kappa shape index (κ2) is 9.54. The van der Waals surface area contributed by atoms with Gasteiger partial charge < -0.3 is 19.9 Å². The van der Waals surface area contributed by atoms with Crippen molar-refractivity contribution >= 4 is 18.3 Å². The molecule has 2 atom stereocenters. The van der Waals surface area contributed by atoms with Crippen molar-refractivity contribution in [3.8, 4) is 0 Å². The van der Waals surface area contributed by atoms with E-state index in [1.165, 1.54) is 32.1 Å². The third-order valence-corrected chi connectivity index (χ3v) is 6.57. The molecule has 0 aromatic heterocycles. The molecular weight excluding hydrogens is 338 g/mol. The second-order valence-electron chi connectivity index (χ2n) is 7.85. The molecule has 3 rings (SSSR count). The zero-order valence-electron chi connectivity index (χ0n) is 16.0. The van der Waals surface area contributed by atoms with Crippen LogP contribution in [0.2, 0.25) is 0 Å². The van der Waals surface area contributed by atoms with Crippen molar-refractivity contribution in [2.24, 2.45) is 5.41 Å². The van der Waals surface area contributed by atoms with Gasteiger partial charge in [-0.2, -0.15) is 0 Å². The van der Waals surface area contributed by atoms with Crippen molar-refractivity contribution in [2.75, 3.05) is 46.4 Å². The van der Waals surface area contributed by atoms with E-state index in [4.69, 9.17) is 4.74 Å². The summed E-state index contributed by atoms with van der Waals surface area (Å²) in [5.74, 6) is 0.321. The summed E-state index contributed by atoms with van der Waals surface area (Å²) < 4.78 is 6.06. The molecule has 1 heterocycles. The van der Waals surface area contributed by atoms with E-state index in [-0.39, 0.29) is 12.4 Å². The Morgan fingerprint density at radius 3 is 2.56 bits per heavy atom. The van der Waals surface area contributed by atoms with Crippen LogP contribution in [0.15, 0.2) is 0 Å². The molecule has 1 amide bonds. The lowest BCUT2D eigenvalue weighted by Gasteiger charge is -2.60. The minimum Gasteiger partial charge on any atom is -0.378 e. The fourth-order valence-corrected chi connectivity index (χ4v) is 5.15. The maximum atomic E-state index is 12.4. The van der Waals surface area contributed by atoms with E-state index in [0.717, 1.165) is 45.8 Å². The van der Waals surface area contributed by atoms with Crippen molar-refractivity contribution in [1.29, 1.82) is 0 Å². The van der Waals surface area contributed by atoms with Gasteiger partial charge in [-0.15, -0.1) is 12.4 Å². The van der Waals surface area contributed by atoms with E-state index in [1.807, 2.05) is 4.90 Å². The first-order valence-corrected chi connectivity index (χ1v) is 9.97. The Hall–Kier alpha value is -0.360. The normalized spacial score (nSPS) is 28.5. The lowest BCUT2D eigenvalue weighted by atomic mass is 9.54. The van der Waals surface area contributed by atoms with Crippen LogP contribution in [0.1, 0.15) is 51.9 Å². The summed E-state index contributed by atoms with van der Waals surface area (Å²) in [5.41, 5.74) is 0.362. The molecule has 0 aromatic carbocycles. The molecule has 2 aliphatic carbocycles. The fourth-order valence-electron chi connectivity index (χ4n) is 5.15. The van der Waals surface area contributed by atoms with Crippen LogP contribution in [0.5, 0.6) is 0 Å². The summed E-state index contributed by atoms with van der Waals surface area (Å²) in [5, 5.41) is 3.31. The number of carbonyl (C=O) groups is 1. The van der Waals surface area contributed by atoms with Crippen molar-refractivity contribution in [1.82, 2.24) is 15.1 Å². The quantitative estimate of drug-likeness (QED) is 0.775. The number of hydrogen-bond donors (Lipinski definition) is 1. The molecule has 0 aromatic rings. The van der Waals surface area contributed by atoms with Crippen LogP contribution in [-0.4, -0.2) is 74.2 Å². The summed E-state index contributed by atoms with van der Waals surface area (Å²) >= 11 is 0. The molecular formula is C19H36ClN3O2. The molecule has 2 saturated carbocycles. The zero-order chi connectivity index (χ0) is 17.0. The molecule has 1 aliphatic heterocycles. The second-order valence-corrected chi connectivity index (χ2v) is 7.85. The number of amides is 1. The predicted molar refractivity (Wildman–Crippen MR) is 103 cm³/mol. The Labute approximate surface area is 159 Å². The molecule has 6 heteroatoms. The molecule has 1 saturated heterocycles. The van der Waals surface area contributed by atoms with Crippen molar-refractivity contribution in [3.63, 3.8) is 0 Å². The van der Waals surface area contributed by atoms with Gasteiger partial charge in [0.05, 0.1) is 6.10 Å². The van der Waals surface area contributed by atoms with Crippen LogP contribution in [0, 0.1) is 5.41 Å². The van der Waals surface area contributed by atoms with Crippen molar-refractivity contribution in [3.05, 3.63) is 0 Å². The molecule has 5 nitrogen and oxygen atoms in total. The molecule has 0 radical (unpaired) electrons. The van der Waals surface area contributed by atoms with Gasteiger partial charge in [-0.25, -0.2) is 0 Å². The van der Waals surface area contributed by atoms with Crippen LogP contribution >= 0.6 is 12.4 Å². The van der Waals surface area contributed by atoms with E-state index < -0.39 is 0 Å². The molecule has 2 unspecified atom stereocenters. The van der Waals surface area contributed by atoms with Crippen LogP contribution in [0.3, 0.4) is 0 Å². The van der Waals surface area contributed by atoms with E-state index in [1.54, 1.807) is 0 Å². The molecule has 3 fully saturated rings. The molecule has 25 heavy (non-hydrogen) atoms. The number of piperazine rings is 1. The maximum Gasteiger partial charge on any atom is 0.223 e. The van der Waals surface area contributed by atoms with Crippen LogP contribution in [0.25, 0.3) is 0 Å². The Bertz CT molecular complexity index is 423. The van der Waals surface area contributed by atoms with Gasteiger partial charge in [0.2, 0.25) is 5.91 Å². The highest BCUT2D eigenvalue weighted by Crippen LogP contribution is 2.55. The van der Waals surface area contributed by atoms with Crippen LogP contribution in [-0.2, 0) is 9.53 Å². The van der Waals surface area contributed by atoms with Gasteiger partial charge in [-0.05, 0) is 33.2 Å². The highest BCUT2D eigenvalue weighted by atomic mass is 35.5. The topological polar surface area (TPSA) is 44.8 Å². The number of ether oxygens (including phenoxy) is 1. The lowest BCUT2D eigenvalue weighted by Crippen LogP contribution is -2.65. The third-order valence-electron chi connectivity index (χ3n) is 6.57. The van der Waals surface area contributed by atoms with Gasteiger partial charge >= 0.3 is 0 Å². The molecule has 1 N–H and O–H groups in total. The summed E-state index contributed by atoms with van der Waals surface area (Å²) in [7, 11) is 2.22. The van der Waals surface area contributed by atoms with Crippen molar-refractivity contribution < 1.29 is 9.53 Å². The highest BCUT2D eigenvalue weighted by molar-refractivity contribution is 5.85. The number of nitrogens with zero attached hydrogens (tertiary/aromatic N) is 2. The summed E-state index contributed by atoms with van der Waals surface area (Å²) in [6, 6.07) is 0.602. The Balaban J connectivity index is 0.00000225. The van der Waals surface area contributed by atoms with Gasteiger partial charge in [-0.1, -0.05) is 19.3 Å². The first kappa shape index (κ1) is 20.9. The van der Waals surface area contributed by atoms with Crippen LogP contribution < -0.4 is 5.32 Å². The first-order chi connectivity index (χ1) is 11.7. The predicted octanol–water partition coefficient (Wildman–Crippen LogP) is 2.29. The highest BCUT2D eigenvalue weighted by Gasteiger charge is 2.56. The average Bonchev–Trinajstić information content (AvgIpc) is 2.64. The van der Waals surface area contributed by atoms with Gasteiger partial charge in [0.25, 0.3) is 0 Å². The standard InChI is InChI=1S/C19H35N3O2.ClH/c1-3-24-17-15-16(19(17)8-5-4-6-9-19)21(2)12-7-18(23)22-13-10-20-11-14-22;/h16-17,20H,3-15H2,1-2H3;1H.